The van der Waals surface area contributed by atoms with Gasteiger partial charge in [-0.15, -0.1) is 0 Å². The Kier molecular flexibility index (Phi) is 1.36. The molecule has 1 aromatic carbocycles. The number of rotatable bonds is 0. The summed E-state index contributed by atoms with van der Waals surface area (Å²) >= 11 is 5.81. The Bertz CT molecular complexity index is 394. The van der Waals surface area contributed by atoms with Crippen molar-refractivity contribution in [3.63, 3.8) is 0 Å². The van der Waals surface area contributed by atoms with Crippen LogP contribution in [0.3, 0.4) is 0 Å². The SMILES string of the molecule is [CH2]c1nc2cccc(Cl)c2o1. The Morgan fingerprint density at radius 2 is 2.27 bits per heavy atom. The van der Waals surface area contributed by atoms with Crippen molar-refractivity contribution >= 4 is 22.7 Å². The summed E-state index contributed by atoms with van der Waals surface area (Å²) in [5.74, 6) is 0.396. The van der Waals surface area contributed by atoms with Crippen LogP contribution in [0, 0.1) is 6.92 Å². The van der Waals surface area contributed by atoms with E-state index in [1.165, 1.54) is 0 Å². The summed E-state index contributed by atoms with van der Waals surface area (Å²) < 4.78 is 5.14. The second-order valence-electron chi connectivity index (χ2n) is 2.20. The van der Waals surface area contributed by atoms with Crippen LogP contribution in [0.5, 0.6) is 0 Å². The van der Waals surface area contributed by atoms with E-state index in [0.717, 1.165) is 5.52 Å². The fourth-order valence-electron chi connectivity index (χ4n) is 0.962. The molecule has 1 aromatic heterocycles. The topological polar surface area (TPSA) is 26.0 Å². The van der Waals surface area contributed by atoms with E-state index in [4.69, 9.17) is 16.0 Å². The van der Waals surface area contributed by atoms with E-state index in [1.54, 1.807) is 6.07 Å². The molecule has 0 saturated carbocycles. The lowest BCUT2D eigenvalue weighted by atomic mass is 10.3. The van der Waals surface area contributed by atoms with Crippen molar-refractivity contribution in [2.75, 3.05) is 0 Å². The van der Waals surface area contributed by atoms with E-state index in [-0.39, 0.29) is 0 Å². The van der Waals surface area contributed by atoms with Crippen LogP contribution in [-0.4, -0.2) is 4.98 Å². The molecule has 1 heterocycles. The monoisotopic (exact) mass is 166 g/mol. The van der Waals surface area contributed by atoms with Gasteiger partial charge in [-0.05, 0) is 12.1 Å². The number of halogens is 1. The van der Waals surface area contributed by atoms with Gasteiger partial charge < -0.3 is 4.42 Å². The zero-order chi connectivity index (χ0) is 7.84. The number of hydrogen-bond acceptors (Lipinski definition) is 2. The summed E-state index contributed by atoms with van der Waals surface area (Å²) in [5.41, 5.74) is 1.36. The van der Waals surface area contributed by atoms with Crippen LogP contribution in [-0.2, 0) is 0 Å². The largest absolute Gasteiger partial charge is 0.439 e. The third kappa shape index (κ3) is 0.994. The molecular formula is C8H5ClNO. The zero-order valence-corrected chi connectivity index (χ0v) is 6.43. The molecule has 11 heavy (non-hydrogen) atoms. The highest BCUT2D eigenvalue weighted by molar-refractivity contribution is 6.34. The van der Waals surface area contributed by atoms with Crippen molar-refractivity contribution in [2.24, 2.45) is 0 Å². The van der Waals surface area contributed by atoms with Gasteiger partial charge in [0.25, 0.3) is 0 Å². The lowest BCUT2D eigenvalue weighted by Gasteiger charge is -1.86. The summed E-state index contributed by atoms with van der Waals surface area (Å²) in [6.45, 7) is 3.56. The van der Waals surface area contributed by atoms with Crippen molar-refractivity contribution in [1.29, 1.82) is 0 Å². The molecule has 0 atom stereocenters. The molecule has 0 amide bonds. The zero-order valence-electron chi connectivity index (χ0n) is 5.67. The van der Waals surface area contributed by atoms with Gasteiger partial charge in [0.15, 0.2) is 11.5 Å². The van der Waals surface area contributed by atoms with E-state index in [2.05, 4.69) is 11.9 Å². The van der Waals surface area contributed by atoms with Gasteiger partial charge in [-0.2, -0.15) is 0 Å². The molecule has 3 heteroatoms. The molecule has 0 fully saturated rings. The molecule has 0 saturated heterocycles. The molecule has 2 nitrogen and oxygen atoms in total. The first-order valence-corrected chi connectivity index (χ1v) is 3.52. The number of hydrogen-bond donors (Lipinski definition) is 0. The number of nitrogens with zero attached hydrogens (tertiary/aromatic N) is 1. The minimum absolute atomic E-state index is 0.396. The lowest BCUT2D eigenvalue weighted by Crippen LogP contribution is -1.67. The minimum atomic E-state index is 0.396. The van der Waals surface area contributed by atoms with Gasteiger partial charge in [-0.3, -0.25) is 0 Å². The Hall–Kier alpha value is -1.02. The van der Waals surface area contributed by atoms with E-state index in [9.17, 15) is 0 Å². The van der Waals surface area contributed by atoms with Crippen LogP contribution in [0.15, 0.2) is 22.6 Å². The smallest absolute Gasteiger partial charge is 0.196 e. The molecule has 0 aliphatic heterocycles. The second kappa shape index (κ2) is 2.24. The van der Waals surface area contributed by atoms with E-state index >= 15 is 0 Å². The molecule has 0 N–H and O–H groups in total. The Morgan fingerprint density at radius 3 is 3.00 bits per heavy atom. The Morgan fingerprint density at radius 1 is 1.45 bits per heavy atom. The second-order valence-corrected chi connectivity index (χ2v) is 2.60. The molecular weight excluding hydrogens is 162 g/mol. The lowest BCUT2D eigenvalue weighted by molar-refractivity contribution is 0.579. The molecule has 0 aliphatic carbocycles. The van der Waals surface area contributed by atoms with Crippen molar-refractivity contribution < 1.29 is 4.42 Å². The van der Waals surface area contributed by atoms with Gasteiger partial charge in [0.2, 0.25) is 0 Å². The van der Waals surface area contributed by atoms with E-state index in [1.807, 2.05) is 12.1 Å². The summed E-state index contributed by atoms with van der Waals surface area (Å²) in [6.07, 6.45) is 0. The van der Waals surface area contributed by atoms with Gasteiger partial charge in [0.05, 0.1) is 5.02 Å². The average Bonchev–Trinajstić information content (AvgIpc) is 2.31. The standard InChI is InChI=1S/C8H5ClNO/c1-5-10-7-4-2-3-6(9)8(7)11-5/h2-4H,1H2. The highest BCUT2D eigenvalue weighted by Crippen LogP contribution is 2.23. The molecule has 0 bridgehead atoms. The maximum Gasteiger partial charge on any atom is 0.196 e. The van der Waals surface area contributed by atoms with Gasteiger partial charge in [0.1, 0.15) is 5.52 Å². The predicted molar refractivity (Wildman–Crippen MR) is 43.5 cm³/mol. The van der Waals surface area contributed by atoms with Gasteiger partial charge in [0, 0.05) is 6.92 Å². The molecule has 0 unspecified atom stereocenters. The van der Waals surface area contributed by atoms with Crippen LogP contribution in [0.4, 0.5) is 0 Å². The number of aromatic nitrogens is 1. The molecule has 2 aromatic rings. The highest BCUT2D eigenvalue weighted by atomic mass is 35.5. The third-order valence-corrected chi connectivity index (χ3v) is 1.71. The van der Waals surface area contributed by atoms with Crippen LogP contribution in [0.25, 0.3) is 11.1 Å². The quantitative estimate of drug-likeness (QED) is 0.602. The van der Waals surface area contributed by atoms with Gasteiger partial charge in [-0.1, -0.05) is 17.7 Å². The molecule has 2 rings (SSSR count). The van der Waals surface area contributed by atoms with Crippen molar-refractivity contribution in [1.82, 2.24) is 4.98 Å². The Balaban J connectivity index is 2.90. The maximum absolute atomic E-state index is 5.81. The summed E-state index contributed by atoms with van der Waals surface area (Å²) in [4.78, 5) is 4.01. The fourth-order valence-corrected chi connectivity index (χ4v) is 1.17. The van der Waals surface area contributed by atoms with Crippen LogP contribution < -0.4 is 0 Å². The summed E-state index contributed by atoms with van der Waals surface area (Å²) in [7, 11) is 0. The molecule has 0 aliphatic rings. The number of benzene rings is 1. The third-order valence-electron chi connectivity index (χ3n) is 1.41. The van der Waals surface area contributed by atoms with Crippen molar-refractivity contribution in [3.8, 4) is 0 Å². The van der Waals surface area contributed by atoms with Crippen LogP contribution >= 0.6 is 11.6 Å². The first-order chi connectivity index (χ1) is 5.27. The molecule has 55 valence electrons. The number of oxazole rings is 1. The van der Waals surface area contributed by atoms with Gasteiger partial charge in [-0.25, -0.2) is 4.98 Å². The maximum atomic E-state index is 5.81. The normalized spacial score (nSPS) is 10.7. The van der Waals surface area contributed by atoms with Crippen molar-refractivity contribution in [2.45, 2.75) is 0 Å². The fraction of sp³-hybridized carbons (Fsp3) is 0. The first-order valence-electron chi connectivity index (χ1n) is 3.14. The number of para-hydroxylation sites is 1. The molecule has 1 radical (unpaired) electrons. The van der Waals surface area contributed by atoms with Crippen molar-refractivity contribution in [3.05, 3.63) is 36.0 Å². The molecule has 0 spiro atoms. The first kappa shape index (κ1) is 6.68. The predicted octanol–water partition coefficient (Wildman–Crippen LogP) is 2.66. The summed E-state index contributed by atoms with van der Waals surface area (Å²) in [6, 6.07) is 5.42. The van der Waals surface area contributed by atoms with Gasteiger partial charge >= 0.3 is 0 Å². The Labute approximate surface area is 68.8 Å². The number of fused-ring (bicyclic) bond motifs is 1. The van der Waals surface area contributed by atoms with Crippen LogP contribution in [0.1, 0.15) is 5.89 Å². The minimum Gasteiger partial charge on any atom is -0.439 e. The highest BCUT2D eigenvalue weighted by Gasteiger charge is 2.03. The van der Waals surface area contributed by atoms with Crippen LogP contribution in [0.2, 0.25) is 5.02 Å². The van der Waals surface area contributed by atoms with E-state index < -0.39 is 0 Å². The average molecular weight is 167 g/mol. The van der Waals surface area contributed by atoms with E-state index in [0.29, 0.717) is 16.5 Å². The summed E-state index contributed by atoms with van der Waals surface area (Å²) in [5, 5.41) is 0.574.